The minimum absolute atomic E-state index is 0.0299. The first-order chi connectivity index (χ1) is 10.8. The largest absolute Gasteiger partial charge is 0.381 e. The molecule has 1 amide bonds. The van der Waals surface area contributed by atoms with Crippen molar-refractivity contribution in [2.75, 3.05) is 19.8 Å². The van der Waals surface area contributed by atoms with Crippen LogP contribution < -0.4 is 0 Å². The van der Waals surface area contributed by atoms with E-state index in [1.165, 1.54) is 0 Å². The number of imidazole rings is 1. The molecule has 0 saturated carbocycles. The molecule has 1 fully saturated rings. The zero-order valence-electron chi connectivity index (χ0n) is 12.3. The third-order valence-corrected chi connectivity index (χ3v) is 4.36. The summed E-state index contributed by atoms with van der Waals surface area (Å²) in [6.07, 6.45) is 5.18. The van der Waals surface area contributed by atoms with Gasteiger partial charge in [-0.15, -0.1) is 0 Å². The quantitative estimate of drug-likeness (QED) is 0.909. The number of H-pyrrole nitrogens is 1. The third kappa shape index (κ3) is 2.39. The van der Waals surface area contributed by atoms with Crippen LogP contribution in [-0.4, -0.2) is 45.5 Å². The Balaban J connectivity index is 1.54. The number of rotatable bonds is 2. The lowest BCUT2D eigenvalue weighted by atomic mass is 10.0. The number of nitrogens with zero attached hydrogens (tertiary/aromatic N) is 3. The van der Waals surface area contributed by atoms with Gasteiger partial charge in [0.2, 0.25) is 5.91 Å². The summed E-state index contributed by atoms with van der Waals surface area (Å²) >= 11 is 0. The topological polar surface area (TPSA) is 71.1 Å². The number of fused-ring (bicyclic) bond motifs is 1. The second kappa shape index (κ2) is 5.53. The molecule has 1 atom stereocenters. The van der Waals surface area contributed by atoms with Gasteiger partial charge in [0.15, 0.2) is 0 Å². The number of hydrogen-bond donors (Lipinski definition) is 1. The van der Waals surface area contributed by atoms with Gasteiger partial charge in [0.25, 0.3) is 0 Å². The van der Waals surface area contributed by atoms with Gasteiger partial charge in [0.05, 0.1) is 30.5 Å². The van der Waals surface area contributed by atoms with Gasteiger partial charge in [-0.25, -0.2) is 4.98 Å². The first-order valence-corrected chi connectivity index (χ1v) is 7.66. The summed E-state index contributed by atoms with van der Waals surface area (Å²) in [5.41, 5.74) is 3.07. The molecule has 1 N–H and O–H groups in total. The van der Waals surface area contributed by atoms with Crippen molar-refractivity contribution in [1.82, 2.24) is 19.9 Å². The molecule has 4 rings (SSSR count). The van der Waals surface area contributed by atoms with E-state index in [-0.39, 0.29) is 11.8 Å². The van der Waals surface area contributed by atoms with Crippen LogP contribution in [0.5, 0.6) is 0 Å². The molecule has 2 aliphatic heterocycles. The number of nitrogens with one attached hydrogen (secondary N) is 1. The fourth-order valence-corrected chi connectivity index (χ4v) is 3.11. The Morgan fingerprint density at radius 1 is 1.45 bits per heavy atom. The second-order valence-corrected chi connectivity index (χ2v) is 5.82. The Morgan fingerprint density at radius 3 is 3.18 bits per heavy atom. The van der Waals surface area contributed by atoms with Crippen LogP contribution in [0.25, 0.3) is 11.4 Å². The fourth-order valence-electron chi connectivity index (χ4n) is 3.11. The molecule has 22 heavy (non-hydrogen) atoms. The second-order valence-electron chi connectivity index (χ2n) is 5.82. The van der Waals surface area contributed by atoms with Crippen LogP contribution in [0.15, 0.2) is 24.5 Å². The maximum atomic E-state index is 12.5. The van der Waals surface area contributed by atoms with Crippen molar-refractivity contribution in [3.63, 3.8) is 0 Å². The highest BCUT2D eigenvalue weighted by Crippen LogP contribution is 2.24. The fraction of sp³-hybridized carbons (Fsp3) is 0.438. The van der Waals surface area contributed by atoms with Crippen molar-refractivity contribution in [2.24, 2.45) is 5.92 Å². The molecule has 0 aromatic carbocycles. The molecule has 0 spiro atoms. The highest BCUT2D eigenvalue weighted by Gasteiger charge is 2.31. The van der Waals surface area contributed by atoms with E-state index in [2.05, 4.69) is 15.0 Å². The molecule has 2 aromatic heterocycles. The first kappa shape index (κ1) is 13.5. The lowest BCUT2D eigenvalue weighted by Crippen LogP contribution is -2.40. The summed E-state index contributed by atoms with van der Waals surface area (Å²) in [5, 5.41) is 0. The third-order valence-electron chi connectivity index (χ3n) is 4.36. The van der Waals surface area contributed by atoms with Gasteiger partial charge >= 0.3 is 0 Å². The maximum absolute atomic E-state index is 12.5. The predicted molar refractivity (Wildman–Crippen MR) is 79.9 cm³/mol. The lowest BCUT2D eigenvalue weighted by molar-refractivity contribution is -0.136. The number of aromatic amines is 1. The molecular weight excluding hydrogens is 280 g/mol. The van der Waals surface area contributed by atoms with Gasteiger partial charge in [0, 0.05) is 37.5 Å². The molecule has 0 radical (unpaired) electrons. The van der Waals surface area contributed by atoms with E-state index in [0.29, 0.717) is 19.8 Å². The summed E-state index contributed by atoms with van der Waals surface area (Å²) in [7, 11) is 0. The van der Waals surface area contributed by atoms with Crippen molar-refractivity contribution in [3.05, 3.63) is 35.9 Å². The number of carbonyl (C=O) groups excluding carboxylic acids is 1. The van der Waals surface area contributed by atoms with Crippen molar-refractivity contribution in [1.29, 1.82) is 0 Å². The minimum Gasteiger partial charge on any atom is -0.381 e. The zero-order chi connectivity index (χ0) is 14.9. The van der Waals surface area contributed by atoms with Crippen molar-refractivity contribution >= 4 is 5.91 Å². The molecule has 2 aromatic rings. The van der Waals surface area contributed by atoms with Gasteiger partial charge in [-0.2, -0.15) is 0 Å². The molecule has 4 heterocycles. The average Bonchev–Trinajstić information content (AvgIpc) is 3.23. The monoisotopic (exact) mass is 298 g/mol. The molecule has 0 aliphatic carbocycles. The van der Waals surface area contributed by atoms with E-state index in [1.807, 2.05) is 17.0 Å². The van der Waals surface area contributed by atoms with Gasteiger partial charge in [-0.3, -0.25) is 9.78 Å². The van der Waals surface area contributed by atoms with Gasteiger partial charge in [-0.05, 0) is 18.6 Å². The van der Waals surface area contributed by atoms with Crippen molar-refractivity contribution < 1.29 is 9.53 Å². The van der Waals surface area contributed by atoms with Crippen LogP contribution in [0.3, 0.4) is 0 Å². The Kier molecular flexibility index (Phi) is 3.38. The summed E-state index contributed by atoms with van der Waals surface area (Å²) in [5.74, 6) is 1.07. The molecule has 1 unspecified atom stereocenters. The highest BCUT2D eigenvalue weighted by atomic mass is 16.5. The van der Waals surface area contributed by atoms with Crippen LogP contribution in [0.2, 0.25) is 0 Å². The highest BCUT2D eigenvalue weighted by molar-refractivity contribution is 5.79. The van der Waals surface area contributed by atoms with E-state index in [1.54, 1.807) is 12.4 Å². The van der Waals surface area contributed by atoms with Gasteiger partial charge in [0.1, 0.15) is 5.82 Å². The predicted octanol–water partition coefficient (Wildman–Crippen LogP) is 1.39. The average molecular weight is 298 g/mol. The van der Waals surface area contributed by atoms with Crippen molar-refractivity contribution in [2.45, 2.75) is 19.4 Å². The Morgan fingerprint density at radius 2 is 2.41 bits per heavy atom. The summed E-state index contributed by atoms with van der Waals surface area (Å²) in [4.78, 5) is 26.5. The smallest absolute Gasteiger partial charge is 0.228 e. The molecule has 6 nitrogen and oxygen atoms in total. The van der Waals surface area contributed by atoms with Crippen molar-refractivity contribution in [3.8, 4) is 11.4 Å². The van der Waals surface area contributed by atoms with E-state index in [0.717, 1.165) is 42.2 Å². The SMILES string of the molecule is O=C(C1CCOC1)N1CCc2nc(-c3cccnc3)[nH]c2C1. The van der Waals surface area contributed by atoms with Crippen LogP contribution in [-0.2, 0) is 22.5 Å². The Labute approximate surface area is 128 Å². The summed E-state index contributed by atoms with van der Waals surface area (Å²) in [6, 6.07) is 3.88. The number of pyridine rings is 1. The number of carbonyl (C=O) groups is 1. The standard InChI is InChI=1S/C16H18N4O2/c21-16(12-4-7-22-10-12)20-6-3-13-14(9-20)19-15(18-13)11-2-1-5-17-8-11/h1-2,5,8,12H,3-4,6-7,9-10H2,(H,18,19). The van der Waals surface area contributed by atoms with E-state index >= 15 is 0 Å². The Hall–Kier alpha value is -2.21. The van der Waals surface area contributed by atoms with E-state index in [9.17, 15) is 4.79 Å². The minimum atomic E-state index is 0.0299. The summed E-state index contributed by atoms with van der Waals surface area (Å²) in [6.45, 7) is 2.61. The normalized spacial score (nSPS) is 20.9. The van der Waals surface area contributed by atoms with E-state index in [4.69, 9.17) is 4.74 Å². The molecule has 1 saturated heterocycles. The van der Waals surface area contributed by atoms with Crippen LogP contribution in [0, 0.1) is 5.92 Å². The maximum Gasteiger partial charge on any atom is 0.228 e. The number of aromatic nitrogens is 3. The van der Waals surface area contributed by atoms with Gasteiger partial charge in [-0.1, -0.05) is 0 Å². The zero-order valence-corrected chi connectivity index (χ0v) is 12.3. The molecule has 6 heteroatoms. The number of ether oxygens (including phenoxy) is 1. The van der Waals surface area contributed by atoms with Gasteiger partial charge < -0.3 is 14.6 Å². The number of hydrogen-bond acceptors (Lipinski definition) is 4. The number of amides is 1. The summed E-state index contributed by atoms with van der Waals surface area (Å²) < 4.78 is 5.33. The molecular formula is C16H18N4O2. The molecule has 0 bridgehead atoms. The Bertz CT molecular complexity index is 677. The molecule has 2 aliphatic rings. The first-order valence-electron chi connectivity index (χ1n) is 7.66. The van der Waals surface area contributed by atoms with E-state index < -0.39 is 0 Å². The van der Waals surface area contributed by atoms with Crippen LogP contribution in [0.1, 0.15) is 17.8 Å². The van der Waals surface area contributed by atoms with Crippen LogP contribution >= 0.6 is 0 Å². The lowest BCUT2D eigenvalue weighted by Gasteiger charge is -2.28. The molecule has 114 valence electrons. The van der Waals surface area contributed by atoms with Crippen LogP contribution in [0.4, 0.5) is 0 Å².